The summed E-state index contributed by atoms with van der Waals surface area (Å²) in [6, 6.07) is 4.10. The Kier molecular flexibility index (Phi) is 4.52. The fourth-order valence-corrected chi connectivity index (χ4v) is 2.22. The zero-order valence-electron chi connectivity index (χ0n) is 10.9. The molecule has 0 radical (unpaired) electrons. The lowest BCUT2D eigenvalue weighted by Gasteiger charge is -2.21. The molecule has 20 heavy (non-hydrogen) atoms. The Labute approximate surface area is 116 Å². The lowest BCUT2D eigenvalue weighted by Crippen LogP contribution is -2.46. The Hall–Kier alpha value is -2.15. The number of nitrogens with zero attached hydrogens (tertiary/aromatic N) is 2. The van der Waals surface area contributed by atoms with Gasteiger partial charge in [0, 0.05) is 37.8 Å². The molecule has 1 aliphatic rings. The molecule has 2 atom stereocenters. The first-order valence-corrected chi connectivity index (χ1v) is 6.43. The fourth-order valence-electron chi connectivity index (χ4n) is 2.22. The summed E-state index contributed by atoms with van der Waals surface area (Å²) in [4.78, 5) is 28.2. The third-order valence-electron chi connectivity index (χ3n) is 3.21. The number of aromatic nitrogens is 1. The molecule has 2 amide bonds. The van der Waals surface area contributed by atoms with E-state index < -0.39 is 24.1 Å². The highest BCUT2D eigenvalue weighted by molar-refractivity contribution is 5.83. The number of nitrogens with one attached hydrogen (secondary N) is 1. The molecule has 108 valence electrons. The number of amides is 2. The summed E-state index contributed by atoms with van der Waals surface area (Å²) < 4.78 is 0. The van der Waals surface area contributed by atoms with E-state index in [0.717, 1.165) is 10.6 Å². The van der Waals surface area contributed by atoms with Crippen molar-refractivity contribution in [3.05, 3.63) is 30.1 Å². The van der Waals surface area contributed by atoms with Crippen LogP contribution in [0.25, 0.3) is 0 Å². The maximum Gasteiger partial charge on any atom is 0.326 e. The smallest absolute Gasteiger partial charge is 0.326 e. The molecule has 1 aromatic heterocycles. The standard InChI is InChI=1S/C13H17N3O4/c17-10-7-11(12(18)19)16(8-10)13(20)15-6-4-9-3-1-2-5-14-9/h1-3,5,10-11,17H,4,6-8H2,(H,15,20)(H,18,19). The van der Waals surface area contributed by atoms with E-state index in [0.29, 0.717) is 13.0 Å². The second-order valence-corrected chi connectivity index (χ2v) is 4.70. The number of likely N-dealkylation sites (tertiary alicyclic amines) is 1. The van der Waals surface area contributed by atoms with E-state index in [4.69, 9.17) is 5.11 Å². The minimum Gasteiger partial charge on any atom is -0.480 e. The molecule has 2 unspecified atom stereocenters. The van der Waals surface area contributed by atoms with Crippen LogP contribution in [0.1, 0.15) is 12.1 Å². The van der Waals surface area contributed by atoms with Gasteiger partial charge in [-0.3, -0.25) is 4.98 Å². The monoisotopic (exact) mass is 279 g/mol. The number of carboxylic acids is 1. The van der Waals surface area contributed by atoms with Crippen LogP contribution in [-0.4, -0.2) is 57.3 Å². The number of carboxylic acid groups (broad SMARTS) is 1. The summed E-state index contributed by atoms with van der Waals surface area (Å²) in [5, 5.41) is 21.1. The van der Waals surface area contributed by atoms with Crippen LogP contribution >= 0.6 is 0 Å². The van der Waals surface area contributed by atoms with Gasteiger partial charge >= 0.3 is 12.0 Å². The van der Waals surface area contributed by atoms with Crippen molar-refractivity contribution in [3.8, 4) is 0 Å². The first kappa shape index (κ1) is 14.3. The molecule has 3 N–H and O–H groups in total. The molecule has 0 aromatic carbocycles. The van der Waals surface area contributed by atoms with Crippen LogP contribution in [0.4, 0.5) is 4.79 Å². The molecule has 7 heteroatoms. The van der Waals surface area contributed by atoms with E-state index in [1.54, 1.807) is 6.20 Å². The van der Waals surface area contributed by atoms with Gasteiger partial charge in [-0.05, 0) is 12.1 Å². The molecule has 0 spiro atoms. The van der Waals surface area contributed by atoms with Crippen LogP contribution in [0.15, 0.2) is 24.4 Å². The van der Waals surface area contributed by atoms with Gasteiger partial charge in [0.05, 0.1) is 6.10 Å². The van der Waals surface area contributed by atoms with Gasteiger partial charge in [0.25, 0.3) is 0 Å². The second-order valence-electron chi connectivity index (χ2n) is 4.70. The molecule has 1 aliphatic heterocycles. The SMILES string of the molecule is O=C(O)C1CC(O)CN1C(=O)NCCc1ccccn1. The molecule has 0 bridgehead atoms. The number of urea groups is 1. The first-order chi connectivity index (χ1) is 9.58. The lowest BCUT2D eigenvalue weighted by atomic mass is 10.2. The van der Waals surface area contributed by atoms with E-state index in [9.17, 15) is 14.7 Å². The summed E-state index contributed by atoms with van der Waals surface area (Å²) in [5.41, 5.74) is 0.851. The van der Waals surface area contributed by atoms with E-state index in [1.807, 2.05) is 18.2 Å². The van der Waals surface area contributed by atoms with E-state index in [-0.39, 0.29) is 13.0 Å². The van der Waals surface area contributed by atoms with Gasteiger partial charge in [-0.15, -0.1) is 0 Å². The van der Waals surface area contributed by atoms with Crippen molar-refractivity contribution in [3.63, 3.8) is 0 Å². The molecule has 2 heterocycles. The fraction of sp³-hybridized carbons (Fsp3) is 0.462. The molecule has 1 aromatic rings. The average Bonchev–Trinajstić information content (AvgIpc) is 2.82. The van der Waals surface area contributed by atoms with Gasteiger partial charge in [-0.25, -0.2) is 9.59 Å². The van der Waals surface area contributed by atoms with Gasteiger partial charge < -0.3 is 20.4 Å². The Morgan fingerprint density at radius 1 is 1.45 bits per heavy atom. The molecular weight excluding hydrogens is 262 g/mol. The van der Waals surface area contributed by atoms with Crippen LogP contribution in [0, 0.1) is 0 Å². The van der Waals surface area contributed by atoms with Crippen molar-refractivity contribution >= 4 is 12.0 Å². The van der Waals surface area contributed by atoms with Crippen LogP contribution in [0.2, 0.25) is 0 Å². The number of aliphatic hydroxyl groups is 1. The zero-order chi connectivity index (χ0) is 14.5. The van der Waals surface area contributed by atoms with E-state index in [1.165, 1.54) is 0 Å². The van der Waals surface area contributed by atoms with E-state index in [2.05, 4.69) is 10.3 Å². The number of aliphatic carboxylic acids is 1. The Morgan fingerprint density at radius 2 is 2.25 bits per heavy atom. The number of pyridine rings is 1. The normalized spacial score (nSPS) is 21.8. The molecule has 0 saturated carbocycles. The van der Waals surface area contributed by atoms with E-state index >= 15 is 0 Å². The minimum atomic E-state index is -1.10. The van der Waals surface area contributed by atoms with Crippen LogP contribution in [0.5, 0.6) is 0 Å². The van der Waals surface area contributed by atoms with Crippen molar-refractivity contribution in [2.24, 2.45) is 0 Å². The third-order valence-corrected chi connectivity index (χ3v) is 3.21. The quantitative estimate of drug-likeness (QED) is 0.711. The highest BCUT2D eigenvalue weighted by Gasteiger charge is 2.38. The van der Waals surface area contributed by atoms with Crippen molar-refractivity contribution < 1.29 is 19.8 Å². The van der Waals surface area contributed by atoms with Crippen LogP contribution in [-0.2, 0) is 11.2 Å². The predicted octanol–water partition coefficient (Wildman–Crippen LogP) is -0.146. The number of carbonyl (C=O) groups excluding carboxylic acids is 1. The number of β-amino-alcohol motifs (C(OH)–C–C–N with tert-alkyl or cyclic N) is 1. The maximum absolute atomic E-state index is 11.9. The number of aliphatic hydroxyl groups excluding tert-OH is 1. The zero-order valence-corrected chi connectivity index (χ0v) is 10.9. The maximum atomic E-state index is 11.9. The van der Waals surface area contributed by atoms with Crippen LogP contribution < -0.4 is 5.32 Å². The van der Waals surface area contributed by atoms with Crippen molar-refractivity contribution in [1.29, 1.82) is 0 Å². The number of carbonyl (C=O) groups is 2. The van der Waals surface area contributed by atoms with Gasteiger partial charge in [0.1, 0.15) is 6.04 Å². The molecule has 1 fully saturated rings. The predicted molar refractivity (Wildman–Crippen MR) is 70.1 cm³/mol. The first-order valence-electron chi connectivity index (χ1n) is 6.43. The average molecular weight is 279 g/mol. The number of hydrogen-bond donors (Lipinski definition) is 3. The molecular formula is C13H17N3O4. The summed E-state index contributed by atoms with van der Waals surface area (Å²) >= 11 is 0. The number of rotatable bonds is 4. The van der Waals surface area contributed by atoms with Gasteiger partial charge in [0.15, 0.2) is 0 Å². The largest absolute Gasteiger partial charge is 0.480 e. The van der Waals surface area contributed by atoms with Gasteiger partial charge in [-0.2, -0.15) is 0 Å². The Balaban J connectivity index is 1.84. The Bertz CT molecular complexity index is 480. The van der Waals surface area contributed by atoms with Crippen molar-refractivity contribution in [2.75, 3.05) is 13.1 Å². The summed E-state index contributed by atoms with van der Waals surface area (Å²) in [7, 11) is 0. The molecule has 1 saturated heterocycles. The lowest BCUT2D eigenvalue weighted by molar-refractivity contribution is -0.141. The molecule has 2 rings (SSSR count). The van der Waals surface area contributed by atoms with Crippen molar-refractivity contribution in [2.45, 2.75) is 25.0 Å². The Morgan fingerprint density at radius 3 is 2.90 bits per heavy atom. The summed E-state index contributed by atoms with van der Waals surface area (Å²) in [5.74, 6) is -1.10. The molecule has 7 nitrogen and oxygen atoms in total. The summed E-state index contributed by atoms with van der Waals surface area (Å²) in [6.45, 7) is 0.418. The highest BCUT2D eigenvalue weighted by atomic mass is 16.4. The topological polar surface area (TPSA) is 103 Å². The minimum absolute atomic E-state index is 0.0480. The van der Waals surface area contributed by atoms with Gasteiger partial charge in [0.2, 0.25) is 0 Å². The number of hydrogen-bond acceptors (Lipinski definition) is 4. The van der Waals surface area contributed by atoms with Gasteiger partial charge in [-0.1, -0.05) is 6.07 Å². The van der Waals surface area contributed by atoms with Crippen molar-refractivity contribution in [1.82, 2.24) is 15.2 Å². The molecule has 0 aliphatic carbocycles. The second kappa shape index (κ2) is 6.33. The van der Waals surface area contributed by atoms with Crippen LogP contribution in [0.3, 0.4) is 0 Å². The summed E-state index contributed by atoms with van der Waals surface area (Å²) in [6.07, 6.45) is 1.54. The third kappa shape index (κ3) is 3.45. The highest BCUT2D eigenvalue weighted by Crippen LogP contribution is 2.17.